The van der Waals surface area contributed by atoms with Gasteiger partial charge in [0.15, 0.2) is 5.96 Å². The number of nitrogens with one attached hydrogen (secondary N) is 3. The Balaban J connectivity index is 1.66. The van der Waals surface area contributed by atoms with Crippen LogP contribution in [0.5, 0.6) is 11.5 Å². The molecule has 10 N–H and O–H groups in total. The summed E-state index contributed by atoms with van der Waals surface area (Å²) >= 11 is 0. The number of rotatable bonds is 15. The first-order valence-corrected chi connectivity index (χ1v) is 13.3. The molecule has 40 heavy (non-hydrogen) atoms. The van der Waals surface area contributed by atoms with E-state index in [0.29, 0.717) is 37.7 Å². The third-order valence-corrected chi connectivity index (χ3v) is 6.29. The van der Waals surface area contributed by atoms with E-state index in [2.05, 4.69) is 27.5 Å². The highest BCUT2D eigenvalue weighted by Gasteiger charge is 2.40. The lowest BCUT2D eigenvalue weighted by atomic mass is 9.89. The van der Waals surface area contributed by atoms with E-state index in [1.165, 1.54) is 6.08 Å². The van der Waals surface area contributed by atoms with Crippen LogP contribution in [0.2, 0.25) is 0 Å². The van der Waals surface area contributed by atoms with Crippen molar-refractivity contribution in [2.24, 2.45) is 22.2 Å². The fourth-order valence-corrected chi connectivity index (χ4v) is 4.30. The Bertz CT molecular complexity index is 1220. The molecule has 0 aromatic heterocycles. The number of phenols is 1. The molecule has 2 atom stereocenters. The normalized spacial score (nSPS) is 15.6. The maximum atomic E-state index is 13.4. The topological polar surface area (TPSA) is 190 Å². The molecule has 0 spiro atoms. The second-order valence-electron chi connectivity index (χ2n) is 9.49. The van der Waals surface area contributed by atoms with Crippen molar-refractivity contribution in [2.45, 2.75) is 37.7 Å². The van der Waals surface area contributed by atoms with Gasteiger partial charge in [-0.15, -0.1) is 0 Å². The number of hydrogen-bond donors (Lipinski definition) is 7. The maximum Gasteiger partial charge on any atom is 0.243 e. The lowest BCUT2D eigenvalue weighted by Gasteiger charge is -2.19. The van der Waals surface area contributed by atoms with Crippen LogP contribution in [0.25, 0.3) is 6.08 Å². The highest BCUT2D eigenvalue weighted by molar-refractivity contribution is 5.92. The van der Waals surface area contributed by atoms with Crippen molar-refractivity contribution in [3.05, 3.63) is 77.6 Å². The van der Waals surface area contributed by atoms with Gasteiger partial charge in [0.05, 0.1) is 5.82 Å². The molecule has 0 bridgehead atoms. The number of nitrogens with two attached hydrogens (primary N) is 3. The van der Waals surface area contributed by atoms with Gasteiger partial charge < -0.3 is 43.0 Å². The van der Waals surface area contributed by atoms with Crippen molar-refractivity contribution in [1.82, 2.24) is 16.0 Å². The molecule has 0 fully saturated rings. The molecule has 0 saturated heterocycles. The number of ether oxygens (including phenoxy) is 1. The zero-order valence-electron chi connectivity index (χ0n) is 22.6. The first-order valence-electron chi connectivity index (χ1n) is 13.3. The summed E-state index contributed by atoms with van der Waals surface area (Å²) in [5.41, 5.74) is 18.4. The standard InChI is InChI=1S/C29H39N7O4/c1-19(30)33-14-2-4-16-35-28(39)26-23-18-20(7-13-25(38)34-15-3-5-17-36-29(31)32)6-12-24(23)40-27(26)21-8-10-22(37)11-9-21/h6-13,18,26-27,33,37H,1-5,14-17,30H2,(H,34,38)(H,35,39)(H4,31,32,36)/b13-7+/t26-,27+/m1/s1. The van der Waals surface area contributed by atoms with Gasteiger partial charge in [-0.25, -0.2) is 0 Å². The summed E-state index contributed by atoms with van der Waals surface area (Å²) in [6.07, 6.45) is 5.71. The summed E-state index contributed by atoms with van der Waals surface area (Å²) < 4.78 is 6.21. The Kier molecular flexibility index (Phi) is 11.2. The average Bonchev–Trinajstić information content (AvgIpc) is 3.30. The number of guanidine groups is 1. The van der Waals surface area contributed by atoms with Crippen LogP contribution in [0.4, 0.5) is 0 Å². The van der Waals surface area contributed by atoms with E-state index in [-0.39, 0.29) is 23.5 Å². The molecule has 2 aromatic carbocycles. The Morgan fingerprint density at radius 3 is 2.33 bits per heavy atom. The molecule has 0 unspecified atom stereocenters. The van der Waals surface area contributed by atoms with Gasteiger partial charge in [0.1, 0.15) is 23.5 Å². The Morgan fingerprint density at radius 2 is 1.62 bits per heavy atom. The van der Waals surface area contributed by atoms with Gasteiger partial charge in [0.2, 0.25) is 11.8 Å². The smallest absolute Gasteiger partial charge is 0.243 e. The number of aliphatic imine (C=N–C) groups is 1. The molecule has 11 heteroatoms. The van der Waals surface area contributed by atoms with E-state index in [9.17, 15) is 14.7 Å². The minimum absolute atomic E-state index is 0.0589. The fourth-order valence-electron chi connectivity index (χ4n) is 4.30. The highest BCUT2D eigenvalue weighted by atomic mass is 16.5. The number of nitrogens with zero attached hydrogens (tertiary/aromatic N) is 1. The first kappa shape index (κ1) is 29.9. The zero-order chi connectivity index (χ0) is 28.9. The molecule has 0 saturated carbocycles. The monoisotopic (exact) mass is 549 g/mol. The molecule has 11 nitrogen and oxygen atoms in total. The predicted molar refractivity (Wildman–Crippen MR) is 156 cm³/mol. The van der Waals surface area contributed by atoms with Crippen LogP contribution in [0.15, 0.2) is 65.9 Å². The number of aromatic hydroxyl groups is 1. The van der Waals surface area contributed by atoms with Crippen LogP contribution in [0.3, 0.4) is 0 Å². The van der Waals surface area contributed by atoms with Gasteiger partial charge in [0, 0.05) is 37.8 Å². The minimum atomic E-state index is -0.603. The predicted octanol–water partition coefficient (Wildman–Crippen LogP) is 1.71. The van der Waals surface area contributed by atoms with Crippen LogP contribution in [-0.4, -0.2) is 49.1 Å². The zero-order valence-corrected chi connectivity index (χ0v) is 22.6. The SMILES string of the molecule is C=C(N)NCCCCNC(=O)[C@@H]1c2cc(/C=C/C(=O)NCCCCN=C(N)N)ccc2O[C@H]1c1ccc(O)cc1. The Labute approximate surface area is 234 Å². The summed E-state index contributed by atoms with van der Waals surface area (Å²) in [5.74, 6) is 0.231. The third-order valence-electron chi connectivity index (χ3n) is 6.29. The fraction of sp³-hybridized carbons (Fsp3) is 0.345. The van der Waals surface area contributed by atoms with Gasteiger partial charge >= 0.3 is 0 Å². The lowest BCUT2D eigenvalue weighted by molar-refractivity contribution is -0.124. The molecule has 0 radical (unpaired) electrons. The summed E-state index contributed by atoms with van der Waals surface area (Å²) in [5, 5.41) is 18.6. The lowest BCUT2D eigenvalue weighted by Crippen LogP contribution is -2.32. The van der Waals surface area contributed by atoms with E-state index in [1.54, 1.807) is 30.3 Å². The van der Waals surface area contributed by atoms with Crippen molar-refractivity contribution >= 4 is 23.8 Å². The summed E-state index contributed by atoms with van der Waals surface area (Å²) in [4.78, 5) is 29.6. The van der Waals surface area contributed by atoms with E-state index in [0.717, 1.165) is 42.4 Å². The van der Waals surface area contributed by atoms with Crippen LogP contribution >= 0.6 is 0 Å². The second kappa shape index (κ2) is 15.1. The first-order chi connectivity index (χ1) is 19.2. The molecule has 214 valence electrons. The van der Waals surface area contributed by atoms with Crippen molar-refractivity contribution in [1.29, 1.82) is 0 Å². The van der Waals surface area contributed by atoms with Gasteiger partial charge in [-0.3, -0.25) is 14.6 Å². The largest absolute Gasteiger partial charge is 0.508 e. The number of unbranched alkanes of at least 4 members (excludes halogenated alkanes) is 2. The average molecular weight is 550 g/mol. The molecule has 3 rings (SSSR count). The van der Waals surface area contributed by atoms with Crippen molar-refractivity contribution < 1.29 is 19.4 Å². The Hall–Kier alpha value is -4.67. The van der Waals surface area contributed by atoms with Crippen molar-refractivity contribution in [2.75, 3.05) is 26.2 Å². The molecule has 2 aromatic rings. The third kappa shape index (κ3) is 9.26. The van der Waals surface area contributed by atoms with E-state index in [1.807, 2.05) is 18.2 Å². The van der Waals surface area contributed by atoms with Crippen molar-refractivity contribution in [3.8, 4) is 11.5 Å². The van der Waals surface area contributed by atoms with E-state index < -0.39 is 12.0 Å². The van der Waals surface area contributed by atoms with Crippen LogP contribution in [0.1, 0.15) is 54.4 Å². The van der Waals surface area contributed by atoms with Crippen LogP contribution in [-0.2, 0) is 9.59 Å². The van der Waals surface area contributed by atoms with Gasteiger partial charge in [0.25, 0.3) is 0 Å². The van der Waals surface area contributed by atoms with Gasteiger partial charge in [-0.2, -0.15) is 0 Å². The summed E-state index contributed by atoms with van der Waals surface area (Å²) in [6.45, 7) is 5.81. The number of carbonyl (C=O) groups is 2. The number of fused-ring (bicyclic) bond motifs is 1. The van der Waals surface area contributed by atoms with Gasteiger partial charge in [-0.1, -0.05) is 24.8 Å². The number of phenolic OH excluding ortho intramolecular Hbond substituents is 1. The molecule has 1 heterocycles. The number of amides is 2. The highest BCUT2D eigenvalue weighted by Crippen LogP contribution is 2.46. The molecular formula is C29H39N7O4. The molecular weight excluding hydrogens is 510 g/mol. The van der Waals surface area contributed by atoms with Crippen molar-refractivity contribution in [3.63, 3.8) is 0 Å². The number of hydrogen-bond acceptors (Lipinski definition) is 7. The molecule has 1 aliphatic rings. The minimum Gasteiger partial charge on any atom is -0.508 e. The van der Waals surface area contributed by atoms with E-state index >= 15 is 0 Å². The number of benzene rings is 2. The Morgan fingerprint density at radius 1 is 0.950 bits per heavy atom. The molecule has 2 amide bonds. The molecule has 1 aliphatic heterocycles. The quantitative estimate of drug-likeness (QED) is 0.0756. The summed E-state index contributed by atoms with van der Waals surface area (Å²) in [7, 11) is 0. The van der Waals surface area contributed by atoms with Crippen LogP contribution < -0.4 is 37.9 Å². The number of carbonyl (C=O) groups excluding carboxylic acids is 2. The van der Waals surface area contributed by atoms with E-state index in [4.69, 9.17) is 21.9 Å². The summed E-state index contributed by atoms with van der Waals surface area (Å²) in [6, 6.07) is 12.2. The second-order valence-corrected chi connectivity index (χ2v) is 9.49. The van der Waals surface area contributed by atoms with Gasteiger partial charge in [-0.05, 0) is 67.2 Å². The maximum absolute atomic E-state index is 13.4. The van der Waals surface area contributed by atoms with Crippen LogP contribution in [0, 0.1) is 0 Å². The molecule has 0 aliphatic carbocycles.